The van der Waals surface area contributed by atoms with E-state index in [1.807, 2.05) is 0 Å². The Kier molecular flexibility index (Phi) is 3.45. The number of carbonyl (C=O) groups is 2. The number of Topliss-reactive ketones (excluding diaryl/α,β-unsaturated/α-hetero) is 1. The number of rotatable bonds is 3. The Morgan fingerprint density at radius 2 is 1.90 bits per heavy atom. The van der Waals surface area contributed by atoms with E-state index in [2.05, 4.69) is 0 Å². The fourth-order valence-electron chi connectivity index (χ4n) is 2.46. The molecule has 1 aliphatic heterocycles. The molecule has 0 amide bonds. The predicted octanol–water partition coefficient (Wildman–Crippen LogP) is 1.38. The van der Waals surface area contributed by atoms with Crippen LogP contribution in [0.5, 0.6) is 11.5 Å². The molecule has 6 heteroatoms. The maximum atomic E-state index is 12.5. The summed E-state index contributed by atoms with van der Waals surface area (Å²) >= 11 is 0. The van der Waals surface area contributed by atoms with Gasteiger partial charge in [0.05, 0.1) is 6.10 Å². The fraction of sp³-hybridized carbons (Fsp3) is 0.467. The predicted molar refractivity (Wildman–Crippen MR) is 73.1 cm³/mol. The van der Waals surface area contributed by atoms with E-state index < -0.39 is 35.1 Å². The molecule has 1 heterocycles. The van der Waals surface area contributed by atoms with Crippen molar-refractivity contribution in [3.63, 3.8) is 0 Å². The first-order valence-corrected chi connectivity index (χ1v) is 6.63. The van der Waals surface area contributed by atoms with Crippen molar-refractivity contribution in [2.45, 2.75) is 39.4 Å². The van der Waals surface area contributed by atoms with Crippen LogP contribution in [0.4, 0.5) is 0 Å². The summed E-state index contributed by atoms with van der Waals surface area (Å²) < 4.78 is 5.17. The normalized spacial score (nSPS) is 23.4. The van der Waals surface area contributed by atoms with E-state index in [0.29, 0.717) is 0 Å². The average molecular weight is 294 g/mol. The molecule has 1 aromatic rings. The molecule has 0 spiro atoms. The molecule has 0 unspecified atom stereocenters. The van der Waals surface area contributed by atoms with Crippen molar-refractivity contribution in [3.05, 3.63) is 22.8 Å². The van der Waals surface area contributed by atoms with Gasteiger partial charge in [0.25, 0.3) is 0 Å². The molecule has 6 nitrogen and oxygen atoms in total. The number of esters is 1. The molecule has 0 aromatic heterocycles. The number of hydrogen-bond donors (Lipinski definition) is 3. The molecule has 21 heavy (non-hydrogen) atoms. The number of carbonyl (C=O) groups excluding carboxylic acids is 2. The van der Waals surface area contributed by atoms with Gasteiger partial charge in [0, 0.05) is 17.0 Å². The van der Waals surface area contributed by atoms with Gasteiger partial charge in [0.1, 0.15) is 17.1 Å². The van der Waals surface area contributed by atoms with E-state index >= 15 is 0 Å². The van der Waals surface area contributed by atoms with Gasteiger partial charge in [-0.2, -0.15) is 0 Å². The highest BCUT2D eigenvalue weighted by Gasteiger charge is 2.51. The third kappa shape index (κ3) is 2.06. The van der Waals surface area contributed by atoms with Crippen molar-refractivity contribution < 1.29 is 29.6 Å². The third-order valence-electron chi connectivity index (χ3n) is 4.15. The van der Waals surface area contributed by atoms with Crippen molar-refractivity contribution in [1.82, 2.24) is 0 Å². The Labute approximate surface area is 122 Å². The second kappa shape index (κ2) is 4.73. The van der Waals surface area contributed by atoms with Crippen molar-refractivity contribution in [3.8, 4) is 11.5 Å². The first-order valence-electron chi connectivity index (χ1n) is 6.63. The summed E-state index contributed by atoms with van der Waals surface area (Å²) in [5.41, 5.74) is -1.48. The summed E-state index contributed by atoms with van der Waals surface area (Å²) in [5.74, 6) is -2.70. The molecule has 0 aliphatic carbocycles. The zero-order valence-corrected chi connectivity index (χ0v) is 12.3. The van der Waals surface area contributed by atoms with E-state index in [9.17, 15) is 24.9 Å². The molecule has 0 saturated heterocycles. The number of ketones is 1. The summed E-state index contributed by atoms with van der Waals surface area (Å²) in [6.45, 7) is 5.84. The molecule has 3 atom stereocenters. The number of cyclic esters (lactones) is 1. The van der Waals surface area contributed by atoms with Gasteiger partial charge < -0.3 is 20.1 Å². The van der Waals surface area contributed by atoms with Gasteiger partial charge in [-0.3, -0.25) is 4.79 Å². The number of aromatic hydroxyl groups is 2. The lowest BCUT2D eigenvalue weighted by molar-refractivity contribution is -0.143. The zero-order valence-electron chi connectivity index (χ0n) is 12.3. The quantitative estimate of drug-likeness (QED) is 0.727. The van der Waals surface area contributed by atoms with Crippen LogP contribution in [0.2, 0.25) is 0 Å². The largest absolute Gasteiger partial charge is 0.508 e. The number of ether oxygens (including phenoxy) is 1. The second-order valence-corrected chi connectivity index (χ2v) is 5.61. The molecule has 1 aliphatic rings. The molecular formula is C15H18O6. The summed E-state index contributed by atoms with van der Waals surface area (Å²) in [7, 11) is 0. The smallest absolute Gasteiger partial charge is 0.343 e. The number of phenolic OH excluding ortho intramolecular Hbond substituents is 2. The van der Waals surface area contributed by atoms with Crippen LogP contribution in [0, 0.1) is 12.8 Å². The van der Waals surface area contributed by atoms with Crippen molar-refractivity contribution in [2.24, 2.45) is 5.92 Å². The van der Waals surface area contributed by atoms with E-state index in [-0.39, 0.29) is 22.4 Å². The van der Waals surface area contributed by atoms with Crippen molar-refractivity contribution >= 4 is 11.8 Å². The molecule has 0 saturated carbocycles. The van der Waals surface area contributed by atoms with Crippen LogP contribution in [0.25, 0.3) is 0 Å². The van der Waals surface area contributed by atoms with Gasteiger partial charge in [0.15, 0.2) is 11.4 Å². The van der Waals surface area contributed by atoms with Crippen LogP contribution in [-0.2, 0) is 15.1 Å². The summed E-state index contributed by atoms with van der Waals surface area (Å²) in [5, 5.41) is 29.4. The van der Waals surface area contributed by atoms with Gasteiger partial charge in [-0.05, 0) is 26.8 Å². The Morgan fingerprint density at radius 1 is 1.33 bits per heavy atom. The minimum atomic E-state index is -1.63. The monoisotopic (exact) mass is 294 g/mol. The van der Waals surface area contributed by atoms with Gasteiger partial charge in [-0.15, -0.1) is 0 Å². The highest BCUT2D eigenvalue weighted by atomic mass is 16.6. The maximum Gasteiger partial charge on any atom is 0.343 e. The Hall–Kier alpha value is -2.08. The lowest BCUT2D eigenvalue weighted by Gasteiger charge is -2.27. The van der Waals surface area contributed by atoms with Crippen molar-refractivity contribution in [2.75, 3.05) is 0 Å². The lowest BCUT2D eigenvalue weighted by Crippen LogP contribution is -2.40. The molecule has 0 bridgehead atoms. The first kappa shape index (κ1) is 15.3. The number of hydrogen-bond acceptors (Lipinski definition) is 6. The van der Waals surface area contributed by atoms with E-state index in [4.69, 9.17) is 4.74 Å². The number of phenols is 2. The highest BCUT2D eigenvalue weighted by molar-refractivity contribution is 6.05. The summed E-state index contributed by atoms with van der Waals surface area (Å²) in [6, 6.07) is 1.25. The molecule has 0 fully saturated rings. The Balaban J connectivity index is 2.63. The van der Waals surface area contributed by atoms with E-state index in [0.717, 1.165) is 0 Å². The van der Waals surface area contributed by atoms with Crippen LogP contribution in [0.15, 0.2) is 6.07 Å². The van der Waals surface area contributed by atoms with Gasteiger partial charge >= 0.3 is 5.97 Å². The molecule has 2 rings (SSSR count). The zero-order chi connectivity index (χ0) is 16.1. The summed E-state index contributed by atoms with van der Waals surface area (Å²) in [6.07, 6.45) is -0.912. The van der Waals surface area contributed by atoms with Crippen molar-refractivity contribution in [1.29, 1.82) is 0 Å². The number of aliphatic hydroxyl groups excluding tert-OH is 1. The number of fused-ring (bicyclic) bond motifs is 1. The van der Waals surface area contributed by atoms with Gasteiger partial charge in [0.2, 0.25) is 0 Å². The highest BCUT2D eigenvalue weighted by Crippen LogP contribution is 2.46. The van der Waals surface area contributed by atoms with Crippen LogP contribution >= 0.6 is 0 Å². The Bertz CT molecular complexity index is 634. The number of benzene rings is 1. The molecule has 114 valence electrons. The lowest BCUT2D eigenvalue weighted by atomic mass is 9.82. The van der Waals surface area contributed by atoms with Crippen LogP contribution in [-0.4, -0.2) is 33.2 Å². The minimum absolute atomic E-state index is 0.112. The fourth-order valence-corrected chi connectivity index (χ4v) is 2.46. The summed E-state index contributed by atoms with van der Waals surface area (Å²) in [4.78, 5) is 24.5. The molecule has 0 radical (unpaired) electrons. The van der Waals surface area contributed by atoms with Gasteiger partial charge in [-0.25, -0.2) is 4.79 Å². The molecular weight excluding hydrogens is 276 g/mol. The third-order valence-corrected chi connectivity index (χ3v) is 4.15. The van der Waals surface area contributed by atoms with Crippen LogP contribution in [0.1, 0.15) is 42.3 Å². The van der Waals surface area contributed by atoms with Crippen LogP contribution in [0.3, 0.4) is 0 Å². The maximum absolute atomic E-state index is 12.5. The topological polar surface area (TPSA) is 104 Å². The second-order valence-electron chi connectivity index (χ2n) is 5.61. The molecule has 3 N–H and O–H groups in total. The molecule has 1 aromatic carbocycles. The first-order chi connectivity index (χ1) is 9.61. The van der Waals surface area contributed by atoms with E-state index in [1.165, 1.54) is 33.8 Å². The minimum Gasteiger partial charge on any atom is -0.508 e. The van der Waals surface area contributed by atoms with E-state index in [1.54, 1.807) is 0 Å². The average Bonchev–Trinajstić information content (AvgIpc) is 2.66. The standard InChI is InChI=1S/C15H18O6/c1-6(8(3)16)13(19)15(4)9-5-10(17)7(2)12(18)11(9)14(20)21-15/h5-6,8,16-18H,1-4H3/t6-,8+,15+/m1/s1. The van der Waals surface area contributed by atoms with Gasteiger partial charge in [-0.1, -0.05) is 6.92 Å². The SMILES string of the molecule is Cc1c(O)cc2c(c1O)C(=O)O[C@]2(C)C(=O)[C@H](C)[C@H](C)O. The van der Waals surface area contributed by atoms with Crippen LogP contribution < -0.4 is 0 Å². The number of aliphatic hydroxyl groups is 1. The Morgan fingerprint density at radius 3 is 2.43 bits per heavy atom.